The monoisotopic (exact) mass is 345 g/mol. The molecule has 1 N–H and O–H groups in total. The molecular weight excluding hydrogens is 326 g/mol. The molecule has 8 nitrogen and oxygen atoms in total. The van der Waals surface area contributed by atoms with E-state index in [0.29, 0.717) is 17.1 Å². The second kappa shape index (κ2) is 8.62. The van der Waals surface area contributed by atoms with E-state index in [1.807, 2.05) is 0 Å². The van der Waals surface area contributed by atoms with Gasteiger partial charge < -0.3 is 19.5 Å². The molecular formula is C17H19N3O5. The minimum atomic E-state index is -0.623. The standard InChI is InChI=1S/C17H19N3O5/c1-23-14-5-4-11(8-15(14)24-2)12(9-16(21)25-3)20-17(22)13-10-18-6-7-19-13/h4-8,10,12H,9H2,1-3H3,(H,20,22)/t12-/m1/s1. The number of hydrogen-bond donors (Lipinski definition) is 1. The van der Waals surface area contributed by atoms with Crippen molar-refractivity contribution in [3.63, 3.8) is 0 Å². The second-order valence-electron chi connectivity index (χ2n) is 5.01. The molecule has 8 heteroatoms. The molecule has 1 aromatic heterocycles. The zero-order valence-corrected chi connectivity index (χ0v) is 14.2. The highest BCUT2D eigenvalue weighted by atomic mass is 16.5. The van der Waals surface area contributed by atoms with E-state index < -0.39 is 17.9 Å². The van der Waals surface area contributed by atoms with Gasteiger partial charge in [-0.1, -0.05) is 6.07 Å². The van der Waals surface area contributed by atoms with E-state index in [-0.39, 0.29) is 12.1 Å². The number of benzene rings is 1. The molecule has 0 bridgehead atoms. The van der Waals surface area contributed by atoms with E-state index in [1.165, 1.54) is 39.9 Å². The number of nitrogens with one attached hydrogen (secondary N) is 1. The summed E-state index contributed by atoms with van der Waals surface area (Å²) >= 11 is 0. The van der Waals surface area contributed by atoms with Crippen molar-refractivity contribution in [2.45, 2.75) is 12.5 Å². The lowest BCUT2D eigenvalue weighted by atomic mass is 10.0. The fourth-order valence-corrected chi connectivity index (χ4v) is 2.22. The summed E-state index contributed by atoms with van der Waals surface area (Å²) < 4.78 is 15.2. The van der Waals surface area contributed by atoms with Gasteiger partial charge in [-0.15, -0.1) is 0 Å². The number of rotatable bonds is 7. The fraction of sp³-hybridized carbons (Fsp3) is 0.294. The van der Waals surface area contributed by atoms with Crippen LogP contribution in [0.2, 0.25) is 0 Å². The molecule has 0 aliphatic heterocycles. The Hall–Kier alpha value is -3.16. The molecule has 0 saturated heterocycles. The van der Waals surface area contributed by atoms with E-state index in [2.05, 4.69) is 15.3 Å². The van der Waals surface area contributed by atoms with Crippen molar-refractivity contribution in [2.24, 2.45) is 0 Å². The molecule has 0 aliphatic rings. The molecule has 0 spiro atoms. The Labute approximate surface area is 145 Å². The Bertz CT molecular complexity index is 736. The largest absolute Gasteiger partial charge is 0.493 e. The van der Waals surface area contributed by atoms with Crippen molar-refractivity contribution in [3.05, 3.63) is 48.0 Å². The lowest BCUT2D eigenvalue weighted by Crippen LogP contribution is -2.31. The van der Waals surface area contributed by atoms with E-state index >= 15 is 0 Å². The van der Waals surface area contributed by atoms with E-state index in [9.17, 15) is 9.59 Å². The number of ether oxygens (including phenoxy) is 3. The molecule has 2 aromatic rings. The van der Waals surface area contributed by atoms with Crippen molar-refractivity contribution in [1.29, 1.82) is 0 Å². The Morgan fingerprint density at radius 3 is 2.48 bits per heavy atom. The number of aromatic nitrogens is 2. The summed E-state index contributed by atoms with van der Waals surface area (Å²) in [5, 5.41) is 2.76. The van der Waals surface area contributed by atoms with Gasteiger partial charge >= 0.3 is 5.97 Å². The van der Waals surface area contributed by atoms with Gasteiger partial charge in [0.25, 0.3) is 5.91 Å². The first kappa shape index (κ1) is 18.2. The Kier molecular flexibility index (Phi) is 6.27. The smallest absolute Gasteiger partial charge is 0.307 e. The third-order valence-corrected chi connectivity index (χ3v) is 3.51. The van der Waals surface area contributed by atoms with Crippen LogP contribution in [0.5, 0.6) is 11.5 Å². The number of carbonyl (C=O) groups is 2. The number of nitrogens with zero attached hydrogens (tertiary/aromatic N) is 2. The summed E-state index contributed by atoms with van der Waals surface area (Å²) in [6.45, 7) is 0. The highest BCUT2D eigenvalue weighted by Gasteiger charge is 2.21. The molecule has 0 fully saturated rings. The number of amides is 1. The number of methoxy groups -OCH3 is 3. The normalized spacial score (nSPS) is 11.3. The van der Waals surface area contributed by atoms with Gasteiger partial charge in [0.15, 0.2) is 11.5 Å². The number of hydrogen-bond acceptors (Lipinski definition) is 7. The van der Waals surface area contributed by atoms with Crippen LogP contribution in [0.15, 0.2) is 36.8 Å². The van der Waals surface area contributed by atoms with Crippen LogP contribution in [-0.2, 0) is 9.53 Å². The molecule has 0 aliphatic carbocycles. The van der Waals surface area contributed by atoms with Crippen molar-refractivity contribution < 1.29 is 23.8 Å². The second-order valence-corrected chi connectivity index (χ2v) is 5.01. The van der Waals surface area contributed by atoms with Crippen LogP contribution in [0.3, 0.4) is 0 Å². The third-order valence-electron chi connectivity index (χ3n) is 3.51. The predicted molar refractivity (Wildman–Crippen MR) is 88.4 cm³/mol. The van der Waals surface area contributed by atoms with Gasteiger partial charge in [-0.25, -0.2) is 4.98 Å². The van der Waals surface area contributed by atoms with E-state index in [1.54, 1.807) is 18.2 Å². The highest BCUT2D eigenvalue weighted by Crippen LogP contribution is 2.31. The molecule has 0 radical (unpaired) electrons. The van der Waals surface area contributed by atoms with Gasteiger partial charge in [0, 0.05) is 12.4 Å². The van der Waals surface area contributed by atoms with Crippen molar-refractivity contribution >= 4 is 11.9 Å². The lowest BCUT2D eigenvalue weighted by Gasteiger charge is -2.19. The SMILES string of the molecule is COC(=O)C[C@@H](NC(=O)c1cnccn1)c1ccc(OC)c(OC)c1. The van der Waals surface area contributed by atoms with Gasteiger partial charge in [0.2, 0.25) is 0 Å². The molecule has 1 aromatic carbocycles. The van der Waals surface area contributed by atoms with Crippen LogP contribution in [0.25, 0.3) is 0 Å². The lowest BCUT2D eigenvalue weighted by molar-refractivity contribution is -0.141. The van der Waals surface area contributed by atoms with Gasteiger partial charge in [-0.05, 0) is 17.7 Å². The quantitative estimate of drug-likeness (QED) is 0.760. The average molecular weight is 345 g/mol. The van der Waals surface area contributed by atoms with Crippen LogP contribution < -0.4 is 14.8 Å². The first-order valence-electron chi connectivity index (χ1n) is 7.44. The van der Waals surface area contributed by atoms with Crippen LogP contribution in [0, 0.1) is 0 Å². The first-order valence-corrected chi connectivity index (χ1v) is 7.44. The Morgan fingerprint density at radius 2 is 1.88 bits per heavy atom. The van der Waals surface area contributed by atoms with Crippen LogP contribution in [0.4, 0.5) is 0 Å². The molecule has 25 heavy (non-hydrogen) atoms. The van der Waals surface area contributed by atoms with Gasteiger partial charge in [-0.2, -0.15) is 0 Å². The summed E-state index contributed by atoms with van der Waals surface area (Å²) in [5.74, 6) is 0.128. The van der Waals surface area contributed by atoms with Gasteiger partial charge in [0.05, 0.1) is 40.0 Å². The molecule has 1 heterocycles. The maximum atomic E-state index is 12.4. The summed E-state index contributed by atoms with van der Waals surface area (Å²) in [6, 6.07) is 4.52. The molecule has 132 valence electrons. The third kappa shape index (κ3) is 4.66. The van der Waals surface area contributed by atoms with E-state index in [0.717, 1.165) is 0 Å². The molecule has 0 saturated carbocycles. The summed E-state index contributed by atoms with van der Waals surface area (Å²) in [4.78, 5) is 31.9. The summed E-state index contributed by atoms with van der Waals surface area (Å²) in [5.41, 5.74) is 0.818. The zero-order valence-electron chi connectivity index (χ0n) is 14.2. The minimum Gasteiger partial charge on any atom is -0.493 e. The fourth-order valence-electron chi connectivity index (χ4n) is 2.22. The Balaban J connectivity index is 2.29. The predicted octanol–water partition coefficient (Wildman–Crippen LogP) is 1.53. The highest BCUT2D eigenvalue weighted by molar-refractivity contribution is 5.92. The molecule has 0 unspecified atom stereocenters. The van der Waals surface area contributed by atoms with E-state index in [4.69, 9.17) is 14.2 Å². The van der Waals surface area contributed by atoms with Crippen molar-refractivity contribution in [2.75, 3.05) is 21.3 Å². The maximum absolute atomic E-state index is 12.4. The summed E-state index contributed by atoms with van der Waals surface area (Å²) in [7, 11) is 4.33. The van der Waals surface area contributed by atoms with Gasteiger partial charge in [0.1, 0.15) is 5.69 Å². The molecule has 1 atom stereocenters. The van der Waals surface area contributed by atoms with Crippen molar-refractivity contribution in [3.8, 4) is 11.5 Å². The number of carbonyl (C=O) groups excluding carboxylic acids is 2. The first-order chi connectivity index (χ1) is 12.1. The summed E-state index contributed by atoms with van der Waals surface area (Å²) in [6.07, 6.45) is 4.19. The Morgan fingerprint density at radius 1 is 1.12 bits per heavy atom. The zero-order chi connectivity index (χ0) is 18.2. The molecule has 2 rings (SSSR count). The number of esters is 1. The van der Waals surface area contributed by atoms with Gasteiger partial charge in [-0.3, -0.25) is 14.6 Å². The maximum Gasteiger partial charge on any atom is 0.307 e. The van der Waals surface area contributed by atoms with Crippen LogP contribution in [0.1, 0.15) is 28.5 Å². The average Bonchev–Trinajstić information content (AvgIpc) is 2.67. The van der Waals surface area contributed by atoms with Crippen LogP contribution >= 0.6 is 0 Å². The topological polar surface area (TPSA) is 99.6 Å². The minimum absolute atomic E-state index is 0.0437. The van der Waals surface area contributed by atoms with Crippen LogP contribution in [-0.4, -0.2) is 43.2 Å². The molecule has 1 amide bonds. The van der Waals surface area contributed by atoms with Crippen molar-refractivity contribution in [1.82, 2.24) is 15.3 Å².